The maximum atomic E-state index is 13.3. The minimum atomic E-state index is -0.681. The predicted octanol–water partition coefficient (Wildman–Crippen LogP) is 5.11. The molecule has 0 saturated carbocycles. The molecule has 1 N–H and O–H groups in total. The van der Waals surface area contributed by atoms with E-state index in [1.807, 2.05) is 20.8 Å². The van der Waals surface area contributed by atoms with Crippen molar-refractivity contribution in [2.45, 2.75) is 52.2 Å². The Morgan fingerprint density at radius 1 is 0.941 bits per heavy atom. The minimum Gasteiger partial charge on any atom is -0.496 e. The Morgan fingerprint density at radius 2 is 1.56 bits per heavy atom. The lowest BCUT2D eigenvalue weighted by Gasteiger charge is -2.31. The first-order chi connectivity index (χ1) is 16.2. The number of amides is 2. The number of methoxy groups -OCH3 is 2. The van der Waals surface area contributed by atoms with Crippen molar-refractivity contribution in [3.8, 4) is 17.2 Å². The lowest BCUT2D eigenvalue weighted by molar-refractivity contribution is -0.143. The van der Waals surface area contributed by atoms with Crippen LogP contribution in [0.5, 0.6) is 17.2 Å². The van der Waals surface area contributed by atoms with Gasteiger partial charge in [-0.15, -0.1) is 0 Å². The zero-order valence-corrected chi connectivity index (χ0v) is 21.7. The zero-order chi connectivity index (χ0) is 25.3. The van der Waals surface area contributed by atoms with E-state index in [-0.39, 0.29) is 31.0 Å². The van der Waals surface area contributed by atoms with Gasteiger partial charge in [0.15, 0.2) is 6.61 Å². The zero-order valence-electron chi connectivity index (χ0n) is 20.2. The van der Waals surface area contributed by atoms with Gasteiger partial charge in [0, 0.05) is 30.8 Å². The van der Waals surface area contributed by atoms with E-state index in [1.165, 1.54) is 19.1 Å². The molecule has 2 rings (SSSR count). The van der Waals surface area contributed by atoms with Crippen LogP contribution in [0.1, 0.15) is 39.2 Å². The summed E-state index contributed by atoms with van der Waals surface area (Å²) in [6.45, 7) is 5.68. The molecule has 2 aromatic carbocycles. The third-order valence-electron chi connectivity index (χ3n) is 5.41. The van der Waals surface area contributed by atoms with Gasteiger partial charge < -0.3 is 24.4 Å². The summed E-state index contributed by atoms with van der Waals surface area (Å²) in [7, 11) is 3.06. The standard InChI is InChI=1S/C25H32Cl2N2O5/c1-6-16(3)28-25(31)23(7-2)29(14-17-8-9-21(26)22(27)10-17)24(30)15-34-20-12-18(32-4)11-19(13-20)33-5/h8-13,16,23H,6-7,14-15H2,1-5H3,(H,28,31)/t16-,23-/m0/s1. The van der Waals surface area contributed by atoms with Crippen molar-refractivity contribution in [2.24, 2.45) is 0 Å². The third-order valence-corrected chi connectivity index (χ3v) is 6.15. The Kier molecular flexibility index (Phi) is 10.8. The highest BCUT2D eigenvalue weighted by molar-refractivity contribution is 6.42. The summed E-state index contributed by atoms with van der Waals surface area (Å²) in [6.07, 6.45) is 1.21. The number of nitrogens with zero attached hydrogens (tertiary/aromatic N) is 1. The second-order valence-electron chi connectivity index (χ2n) is 7.85. The number of halogens is 2. The summed E-state index contributed by atoms with van der Waals surface area (Å²) in [5.74, 6) is 0.922. The van der Waals surface area contributed by atoms with E-state index in [2.05, 4.69) is 5.32 Å². The van der Waals surface area contributed by atoms with E-state index in [9.17, 15) is 9.59 Å². The number of hydrogen-bond acceptors (Lipinski definition) is 5. The van der Waals surface area contributed by atoms with Gasteiger partial charge in [0.1, 0.15) is 23.3 Å². The Hall–Kier alpha value is -2.64. The van der Waals surface area contributed by atoms with Crippen LogP contribution in [0.15, 0.2) is 36.4 Å². The summed E-state index contributed by atoms with van der Waals surface area (Å²) in [5, 5.41) is 3.77. The molecule has 0 unspecified atom stereocenters. The number of nitrogens with one attached hydrogen (secondary N) is 1. The van der Waals surface area contributed by atoms with E-state index in [4.69, 9.17) is 37.4 Å². The second-order valence-corrected chi connectivity index (χ2v) is 8.66. The van der Waals surface area contributed by atoms with Gasteiger partial charge in [0.25, 0.3) is 5.91 Å². The lowest BCUT2D eigenvalue weighted by Crippen LogP contribution is -2.51. The van der Waals surface area contributed by atoms with Crippen LogP contribution in [-0.4, -0.2) is 49.6 Å². The maximum Gasteiger partial charge on any atom is 0.261 e. The molecule has 0 spiro atoms. The third kappa shape index (κ3) is 7.71. The first kappa shape index (κ1) is 27.6. The Balaban J connectivity index is 2.28. The molecule has 2 atom stereocenters. The Labute approximate surface area is 211 Å². The first-order valence-corrected chi connectivity index (χ1v) is 11.9. The van der Waals surface area contributed by atoms with E-state index in [1.54, 1.807) is 36.4 Å². The van der Waals surface area contributed by atoms with E-state index >= 15 is 0 Å². The molecule has 0 saturated heterocycles. The van der Waals surface area contributed by atoms with Gasteiger partial charge in [0.05, 0.1) is 24.3 Å². The number of ether oxygens (including phenoxy) is 3. The van der Waals surface area contributed by atoms with Gasteiger partial charge in [-0.2, -0.15) is 0 Å². The highest BCUT2D eigenvalue weighted by atomic mass is 35.5. The van der Waals surface area contributed by atoms with Crippen LogP contribution in [0.4, 0.5) is 0 Å². The van der Waals surface area contributed by atoms with E-state index in [0.29, 0.717) is 33.7 Å². The molecule has 34 heavy (non-hydrogen) atoms. The van der Waals surface area contributed by atoms with Crippen LogP contribution in [-0.2, 0) is 16.1 Å². The largest absolute Gasteiger partial charge is 0.496 e. The summed E-state index contributed by atoms with van der Waals surface area (Å²) in [4.78, 5) is 27.9. The Morgan fingerprint density at radius 3 is 2.09 bits per heavy atom. The van der Waals surface area contributed by atoms with Gasteiger partial charge in [-0.3, -0.25) is 9.59 Å². The molecule has 0 bridgehead atoms. The quantitative estimate of drug-likeness (QED) is 0.429. The molecule has 2 aromatic rings. The molecule has 9 heteroatoms. The number of carbonyl (C=O) groups excluding carboxylic acids is 2. The fourth-order valence-electron chi connectivity index (χ4n) is 3.29. The fraction of sp³-hybridized carbons (Fsp3) is 0.440. The average Bonchev–Trinajstić information content (AvgIpc) is 2.84. The van der Waals surface area contributed by atoms with Crippen LogP contribution < -0.4 is 19.5 Å². The molecule has 0 heterocycles. The van der Waals surface area contributed by atoms with E-state index < -0.39 is 6.04 Å². The van der Waals surface area contributed by atoms with Gasteiger partial charge in [0.2, 0.25) is 5.91 Å². The molecule has 2 amide bonds. The Bertz CT molecular complexity index is 964. The monoisotopic (exact) mass is 510 g/mol. The van der Waals surface area contributed by atoms with Crippen molar-refractivity contribution in [1.82, 2.24) is 10.2 Å². The van der Waals surface area contributed by atoms with Crippen molar-refractivity contribution in [1.29, 1.82) is 0 Å². The summed E-state index contributed by atoms with van der Waals surface area (Å²) in [5.41, 5.74) is 0.751. The van der Waals surface area contributed by atoms with Crippen molar-refractivity contribution in [3.05, 3.63) is 52.0 Å². The number of rotatable bonds is 12. The van der Waals surface area contributed by atoms with Gasteiger partial charge >= 0.3 is 0 Å². The molecule has 0 radical (unpaired) electrons. The van der Waals surface area contributed by atoms with Gasteiger partial charge in [-0.1, -0.05) is 43.1 Å². The summed E-state index contributed by atoms with van der Waals surface area (Å²) in [6, 6.07) is 9.47. The maximum absolute atomic E-state index is 13.3. The average molecular weight is 511 g/mol. The van der Waals surface area contributed by atoms with E-state index in [0.717, 1.165) is 12.0 Å². The second kappa shape index (κ2) is 13.3. The van der Waals surface area contributed by atoms with Gasteiger partial charge in [-0.25, -0.2) is 0 Å². The highest BCUT2D eigenvalue weighted by Crippen LogP contribution is 2.28. The topological polar surface area (TPSA) is 77.1 Å². The van der Waals surface area contributed by atoms with Crippen molar-refractivity contribution in [3.63, 3.8) is 0 Å². The van der Waals surface area contributed by atoms with Crippen LogP contribution in [0.2, 0.25) is 10.0 Å². The van der Waals surface area contributed by atoms with Crippen molar-refractivity contribution >= 4 is 35.0 Å². The van der Waals surface area contributed by atoms with Crippen LogP contribution in [0, 0.1) is 0 Å². The molecular weight excluding hydrogens is 479 g/mol. The molecular formula is C25H32Cl2N2O5. The smallest absolute Gasteiger partial charge is 0.261 e. The normalized spacial score (nSPS) is 12.4. The lowest BCUT2D eigenvalue weighted by atomic mass is 10.1. The molecule has 0 aliphatic carbocycles. The SMILES string of the molecule is CC[C@H](C)NC(=O)[C@H](CC)N(Cc1ccc(Cl)c(Cl)c1)C(=O)COc1cc(OC)cc(OC)c1. The fourth-order valence-corrected chi connectivity index (χ4v) is 3.61. The summed E-state index contributed by atoms with van der Waals surface area (Å²) < 4.78 is 16.3. The van der Waals surface area contributed by atoms with Crippen LogP contribution in [0.3, 0.4) is 0 Å². The van der Waals surface area contributed by atoms with Gasteiger partial charge in [-0.05, 0) is 37.5 Å². The molecule has 7 nitrogen and oxygen atoms in total. The van der Waals surface area contributed by atoms with Crippen molar-refractivity contribution in [2.75, 3.05) is 20.8 Å². The number of benzene rings is 2. The summed E-state index contributed by atoms with van der Waals surface area (Å²) >= 11 is 12.2. The minimum absolute atomic E-state index is 0.0102. The molecule has 0 fully saturated rings. The molecule has 186 valence electrons. The molecule has 0 aromatic heterocycles. The molecule has 0 aliphatic rings. The van der Waals surface area contributed by atoms with Crippen LogP contribution in [0.25, 0.3) is 0 Å². The van der Waals surface area contributed by atoms with Crippen LogP contribution >= 0.6 is 23.2 Å². The number of carbonyl (C=O) groups is 2. The number of hydrogen-bond donors (Lipinski definition) is 1. The highest BCUT2D eigenvalue weighted by Gasteiger charge is 2.29. The first-order valence-electron chi connectivity index (χ1n) is 11.1. The molecule has 0 aliphatic heterocycles. The predicted molar refractivity (Wildman–Crippen MR) is 134 cm³/mol. The van der Waals surface area contributed by atoms with Crippen molar-refractivity contribution < 1.29 is 23.8 Å².